The number of hydrogen-bond donors (Lipinski definition) is 2. The van der Waals surface area contributed by atoms with Crippen LogP contribution >= 0.6 is 11.6 Å². The molecule has 0 aliphatic rings. The Morgan fingerprint density at radius 2 is 2.00 bits per heavy atom. The van der Waals surface area contributed by atoms with E-state index >= 15 is 0 Å². The van der Waals surface area contributed by atoms with E-state index in [-0.39, 0.29) is 12.1 Å². The number of benzene rings is 2. The lowest BCUT2D eigenvalue weighted by atomic mass is 9.88. The Bertz CT molecular complexity index is 621. The summed E-state index contributed by atoms with van der Waals surface area (Å²) >= 11 is 5.97. The van der Waals surface area contributed by atoms with Crippen LogP contribution in [0.1, 0.15) is 23.1 Å². The molecule has 0 aromatic heterocycles. The number of rotatable bonds is 5. The smallest absolute Gasteiger partial charge is 0.132 e. The standard InChI is InChI=1S/C16H17ClFNO2/c1-21-14-7-3-6-13(18)15(14)16(20)12(9-19)10-4-2-5-11(17)8-10/h2-8,12,16,20H,9,19H2,1H3. The molecule has 21 heavy (non-hydrogen) atoms. The Balaban J connectivity index is 2.44. The summed E-state index contributed by atoms with van der Waals surface area (Å²) in [7, 11) is 1.43. The zero-order valence-electron chi connectivity index (χ0n) is 11.6. The molecule has 3 nitrogen and oxygen atoms in total. The van der Waals surface area contributed by atoms with Crippen LogP contribution in [0.15, 0.2) is 42.5 Å². The lowest BCUT2D eigenvalue weighted by molar-refractivity contribution is 0.139. The van der Waals surface area contributed by atoms with Crippen LogP contribution in [0.25, 0.3) is 0 Å². The molecule has 2 aromatic rings. The highest BCUT2D eigenvalue weighted by atomic mass is 35.5. The van der Waals surface area contributed by atoms with E-state index in [2.05, 4.69) is 0 Å². The van der Waals surface area contributed by atoms with Crippen molar-refractivity contribution in [2.24, 2.45) is 5.73 Å². The molecule has 0 saturated heterocycles. The minimum absolute atomic E-state index is 0.107. The summed E-state index contributed by atoms with van der Waals surface area (Å²) in [6.07, 6.45) is -1.12. The quantitative estimate of drug-likeness (QED) is 0.891. The summed E-state index contributed by atoms with van der Waals surface area (Å²) in [6, 6.07) is 11.4. The molecule has 2 aromatic carbocycles. The SMILES string of the molecule is COc1cccc(F)c1C(O)C(CN)c1cccc(Cl)c1. The molecule has 0 heterocycles. The molecule has 112 valence electrons. The first-order valence-electron chi connectivity index (χ1n) is 6.54. The summed E-state index contributed by atoms with van der Waals surface area (Å²) in [5.74, 6) is -0.709. The molecule has 0 spiro atoms. The normalized spacial score (nSPS) is 13.8. The molecule has 0 aliphatic carbocycles. The third-order valence-electron chi connectivity index (χ3n) is 3.44. The third kappa shape index (κ3) is 3.35. The van der Waals surface area contributed by atoms with E-state index in [9.17, 15) is 9.50 Å². The fraction of sp³-hybridized carbons (Fsp3) is 0.250. The van der Waals surface area contributed by atoms with Crippen molar-refractivity contribution in [1.82, 2.24) is 0 Å². The van der Waals surface area contributed by atoms with Crippen molar-refractivity contribution in [3.63, 3.8) is 0 Å². The van der Waals surface area contributed by atoms with Gasteiger partial charge in [0.15, 0.2) is 0 Å². The van der Waals surface area contributed by atoms with Gasteiger partial charge in [0.25, 0.3) is 0 Å². The number of aliphatic hydroxyl groups excluding tert-OH is 1. The second kappa shape index (κ2) is 6.89. The Labute approximate surface area is 128 Å². The fourth-order valence-electron chi connectivity index (χ4n) is 2.37. The van der Waals surface area contributed by atoms with Gasteiger partial charge in [0.2, 0.25) is 0 Å². The van der Waals surface area contributed by atoms with Gasteiger partial charge in [-0.15, -0.1) is 0 Å². The van der Waals surface area contributed by atoms with Crippen molar-refractivity contribution < 1.29 is 14.2 Å². The predicted octanol–water partition coefficient (Wildman–Crippen LogP) is 3.26. The zero-order valence-corrected chi connectivity index (χ0v) is 12.3. The third-order valence-corrected chi connectivity index (χ3v) is 3.68. The van der Waals surface area contributed by atoms with E-state index in [1.165, 1.54) is 19.2 Å². The van der Waals surface area contributed by atoms with Crippen LogP contribution in [-0.2, 0) is 0 Å². The van der Waals surface area contributed by atoms with E-state index in [1.54, 1.807) is 30.3 Å². The van der Waals surface area contributed by atoms with E-state index in [1.807, 2.05) is 0 Å². The van der Waals surface area contributed by atoms with Crippen molar-refractivity contribution in [1.29, 1.82) is 0 Å². The van der Waals surface area contributed by atoms with Crippen molar-refractivity contribution in [2.45, 2.75) is 12.0 Å². The van der Waals surface area contributed by atoms with Crippen LogP contribution in [0, 0.1) is 5.82 Å². The van der Waals surface area contributed by atoms with Crippen molar-refractivity contribution in [3.8, 4) is 5.75 Å². The van der Waals surface area contributed by atoms with Gasteiger partial charge >= 0.3 is 0 Å². The highest BCUT2D eigenvalue weighted by Crippen LogP contribution is 2.37. The van der Waals surface area contributed by atoms with Crippen molar-refractivity contribution in [2.75, 3.05) is 13.7 Å². The highest BCUT2D eigenvalue weighted by Gasteiger charge is 2.27. The molecule has 0 bridgehead atoms. The topological polar surface area (TPSA) is 55.5 Å². The second-order valence-electron chi connectivity index (χ2n) is 4.70. The molecule has 2 atom stereocenters. The molecule has 3 N–H and O–H groups in total. The van der Waals surface area contributed by atoms with Gasteiger partial charge in [-0.2, -0.15) is 0 Å². The van der Waals surface area contributed by atoms with Gasteiger partial charge < -0.3 is 15.6 Å². The molecule has 0 saturated carbocycles. The van der Waals surface area contributed by atoms with Gasteiger partial charge in [-0.1, -0.05) is 29.8 Å². The molecule has 2 unspecified atom stereocenters. The predicted molar refractivity (Wildman–Crippen MR) is 81.2 cm³/mol. The molecular formula is C16H17ClFNO2. The summed E-state index contributed by atoms with van der Waals surface area (Å²) in [6.45, 7) is 0.152. The fourth-order valence-corrected chi connectivity index (χ4v) is 2.57. The molecular weight excluding hydrogens is 293 g/mol. The highest BCUT2D eigenvalue weighted by molar-refractivity contribution is 6.30. The van der Waals surface area contributed by atoms with E-state index < -0.39 is 17.8 Å². The minimum atomic E-state index is -1.12. The molecule has 0 radical (unpaired) electrons. The minimum Gasteiger partial charge on any atom is -0.496 e. The van der Waals surface area contributed by atoms with Gasteiger partial charge in [0, 0.05) is 17.5 Å². The van der Waals surface area contributed by atoms with E-state index in [0.717, 1.165) is 5.56 Å². The summed E-state index contributed by atoms with van der Waals surface area (Å²) < 4.78 is 19.2. The van der Waals surface area contributed by atoms with Crippen molar-refractivity contribution in [3.05, 3.63) is 64.4 Å². The number of hydrogen-bond acceptors (Lipinski definition) is 3. The van der Waals surface area contributed by atoms with Gasteiger partial charge in [-0.25, -0.2) is 4.39 Å². The van der Waals surface area contributed by atoms with Crippen LogP contribution in [0.4, 0.5) is 4.39 Å². The Kier molecular flexibility index (Phi) is 5.17. The summed E-state index contributed by atoms with van der Waals surface area (Å²) in [5.41, 5.74) is 6.63. The number of halogens is 2. The van der Waals surface area contributed by atoms with Crippen LogP contribution in [-0.4, -0.2) is 18.8 Å². The largest absolute Gasteiger partial charge is 0.496 e. The maximum atomic E-state index is 14.1. The molecule has 0 aliphatic heterocycles. The first-order valence-corrected chi connectivity index (χ1v) is 6.92. The van der Waals surface area contributed by atoms with Gasteiger partial charge in [-0.05, 0) is 29.8 Å². The average molecular weight is 310 g/mol. The number of aliphatic hydroxyl groups is 1. The average Bonchev–Trinajstić information content (AvgIpc) is 2.47. The van der Waals surface area contributed by atoms with Gasteiger partial charge in [0.05, 0.1) is 18.8 Å². The van der Waals surface area contributed by atoms with Crippen LogP contribution < -0.4 is 10.5 Å². The summed E-state index contributed by atoms with van der Waals surface area (Å²) in [4.78, 5) is 0. The lowest BCUT2D eigenvalue weighted by Gasteiger charge is -2.24. The first kappa shape index (κ1) is 15.8. The van der Waals surface area contributed by atoms with E-state index in [0.29, 0.717) is 10.8 Å². The van der Waals surface area contributed by atoms with E-state index in [4.69, 9.17) is 22.1 Å². The maximum absolute atomic E-state index is 14.1. The molecule has 0 fully saturated rings. The number of nitrogens with two attached hydrogens (primary N) is 1. The van der Waals surface area contributed by atoms with Crippen LogP contribution in [0.2, 0.25) is 5.02 Å². The monoisotopic (exact) mass is 309 g/mol. The maximum Gasteiger partial charge on any atom is 0.132 e. The zero-order chi connectivity index (χ0) is 15.4. The number of methoxy groups -OCH3 is 1. The first-order chi connectivity index (χ1) is 10.1. The van der Waals surface area contributed by atoms with Crippen molar-refractivity contribution >= 4 is 11.6 Å². The Morgan fingerprint density at radius 1 is 1.29 bits per heavy atom. The molecule has 0 amide bonds. The van der Waals surface area contributed by atoms with Gasteiger partial charge in [0.1, 0.15) is 11.6 Å². The Hall–Kier alpha value is -1.62. The Morgan fingerprint density at radius 3 is 2.62 bits per heavy atom. The van der Waals surface area contributed by atoms with Gasteiger partial charge in [-0.3, -0.25) is 0 Å². The van der Waals surface area contributed by atoms with Crippen LogP contribution in [0.5, 0.6) is 5.75 Å². The molecule has 2 rings (SSSR count). The number of ether oxygens (including phenoxy) is 1. The lowest BCUT2D eigenvalue weighted by Crippen LogP contribution is -2.21. The van der Waals surface area contributed by atoms with Crippen LogP contribution in [0.3, 0.4) is 0 Å². The molecule has 5 heteroatoms. The summed E-state index contributed by atoms with van der Waals surface area (Å²) in [5, 5.41) is 11.1. The second-order valence-corrected chi connectivity index (χ2v) is 5.13.